The number of nitrogens with zero attached hydrogens (tertiary/aromatic N) is 2. The predicted molar refractivity (Wildman–Crippen MR) is 121 cm³/mol. The van der Waals surface area contributed by atoms with Crippen LogP contribution in [-0.4, -0.2) is 27.0 Å². The second-order valence-electron chi connectivity index (χ2n) is 9.80. The molecule has 2 fully saturated rings. The molecule has 0 radical (unpaired) electrons. The summed E-state index contributed by atoms with van der Waals surface area (Å²) < 4.78 is 39.7. The molecule has 3 N–H and O–H groups in total. The molecule has 1 amide bonds. The Morgan fingerprint density at radius 2 is 1.85 bits per heavy atom. The van der Waals surface area contributed by atoms with Gasteiger partial charge in [-0.15, -0.1) is 0 Å². The van der Waals surface area contributed by atoms with Crippen LogP contribution < -0.4 is 11.2 Å². The number of H-pyrrole nitrogens is 1. The number of aromatic amines is 1. The molecule has 2 aliphatic rings. The molecule has 34 heavy (non-hydrogen) atoms. The van der Waals surface area contributed by atoms with Gasteiger partial charge in [0, 0.05) is 35.1 Å². The first-order chi connectivity index (χ1) is 16.1. The number of hydrogen-bond acceptors (Lipinski definition) is 4. The van der Waals surface area contributed by atoms with Gasteiger partial charge >= 0.3 is 6.18 Å². The molecule has 0 saturated heterocycles. The van der Waals surface area contributed by atoms with Crippen LogP contribution in [0.1, 0.15) is 73.1 Å². The van der Waals surface area contributed by atoms with Crippen molar-refractivity contribution in [3.63, 3.8) is 0 Å². The number of hydrogen-bond donors (Lipinski definition) is 2. The molecule has 9 heteroatoms. The summed E-state index contributed by atoms with van der Waals surface area (Å²) in [6, 6.07) is 5.00. The molecule has 178 valence electrons. The van der Waals surface area contributed by atoms with Crippen molar-refractivity contribution in [2.45, 2.75) is 63.0 Å². The van der Waals surface area contributed by atoms with Crippen molar-refractivity contribution in [3.8, 4) is 11.3 Å². The van der Waals surface area contributed by atoms with Gasteiger partial charge in [0.2, 0.25) is 0 Å². The van der Waals surface area contributed by atoms with E-state index in [0.717, 1.165) is 24.1 Å². The lowest BCUT2D eigenvalue weighted by Crippen LogP contribution is -2.27. The van der Waals surface area contributed by atoms with Crippen molar-refractivity contribution in [2.75, 3.05) is 0 Å². The van der Waals surface area contributed by atoms with Crippen LogP contribution in [0.4, 0.5) is 13.2 Å². The molecule has 0 spiro atoms. The molecule has 6 nitrogen and oxygen atoms in total. The Bertz CT molecular complexity index is 1340. The average Bonchev–Trinajstić information content (AvgIpc) is 3.56. The predicted octanol–water partition coefficient (Wildman–Crippen LogP) is 4.97. The lowest BCUT2D eigenvalue weighted by Gasteiger charge is -2.31. The first-order valence-electron chi connectivity index (χ1n) is 11.5. The molecule has 2 aliphatic carbocycles. The zero-order chi connectivity index (χ0) is 24.3. The summed E-state index contributed by atoms with van der Waals surface area (Å²) in [7, 11) is 0. The van der Waals surface area contributed by atoms with Gasteiger partial charge in [0.15, 0.2) is 5.43 Å². The van der Waals surface area contributed by atoms with Gasteiger partial charge in [-0.2, -0.15) is 13.2 Å². The highest BCUT2D eigenvalue weighted by Crippen LogP contribution is 2.49. The Morgan fingerprint density at radius 3 is 2.47 bits per heavy atom. The third kappa shape index (κ3) is 3.97. The van der Waals surface area contributed by atoms with E-state index in [-0.39, 0.29) is 35.3 Å². The van der Waals surface area contributed by atoms with Crippen LogP contribution in [0.15, 0.2) is 35.4 Å². The molecule has 2 saturated carbocycles. The number of carbonyl (C=O) groups excluding carboxylic acids is 1. The van der Waals surface area contributed by atoms with Crippen LogP contribution in [0.25, 0.3) is 22.2 Å². The molecule has 0 unspecified atom stereocenters. The quantitative estimate of drug-likeness (QED) is 0.562. The van der Waals surface area contributed by atoms with Crippen LogP contribution in [0.3, 0.4) is 0 Å². The number of fused-ring (bicyclic) bond motifs is 1. The molecule has 3 aromatic rings. The Morgan fingerprint density at radius 1 is 1.15 bits per heavy atom. The number of carbonyl (C=O) groups is 1. The molecular weight excluding hydrogens is 445 g/mol. The molecule has 5 rings (SSSR count). The fourth-order valence-corrected chi connectivity index (χ4v) is 5.07. The lowest BCUT2D eigenvalue weighted by molar-refractivity contribution is -0.182. The van der Waals surface area contributed by atoms with Crippen LogP contribution in [-0.2, 0) is 5.41 Å². The summed E-state index contributed by atoms with van der Waals surface area (Å²) in [5.41, 5.74) is 8.33. The van der Waals surface area contributed by atoms with Gasteiger partial charge in [-0.3, -0.25) is 19.6 Å². The first-order valence-corrected chi connectivity index (χ1v) is 11.5. The first kappa shape index (κ1) is 22.6. The average molecular weight is 470 g/mol. The number of amides is 1. The van der Waals surface area contributed by atoms with E-state index in [1.54, 1.807) is 12.3 Å². The van der Waals surface area contributed by atoms with Gasteiger partial charge in [0.25, 0.3) is 5.91 Å². The second-order valence-corrected chi connectivity index (χ2v) is 9.80. The number of nitrogens with one attached hydrogen (secondary N) is 1. The van der Waals surface area contributed by atoms with Crippen molar-refractivity contribution in [2.24, 2.45) is 11.7 Å². The minimum atomic E-state index is -4.17. The number of alkyl halides is 3. The Kier molecular flexibility index (Phi) is 5.26. The second kappa shape index (κ2) is 7.92. The number of pyridine rings is 3. The molecule has 0 atom stereocenters. The standard InChI is InChI=1S/C25H25F3N4O2/c1-24(7-8-24)20-10-15(13-2-4-14(5-3-13)25(26,27)28)16(12-31-20)18-11-19(33)21-17(32-18)6-9-30-22(21)23(29)34/h6,9-14H,2-5,7-8H2,1H3,(H2,29,34)(H,32,33)/t13-,14-. The molecule has 0 bridgehead atoms. The van der Waals surface area contributed by atoms with E-state index in [9.17, 15) is 22.8 Å². The number of halogens is 3. The van der Waals surface area contributed by atoms with Crippen molar-refractivity contribution in [1.29, 1.82) is 0 Å². The van der Waals surface area contributed by atoms with Gasteiger partial charge in [-0.25, -0.2) is 0 Å². The molecular formula is C25H25F3N4O2. The smallest absolute Gasteiger partial charge is 0.364 e. The molecule has 3 aromatic heterocycles. The highest BCUT2D eigenvalue weighted by Gasteiger charge is 2.43. The highest BCUT2D eigenvalue weighted by atomic mass is 19.4. The van der Waals surface area contributed by atoms with Gasteiger partial charge in [-0.05, 0) is 62.1 Å². The largest absolute Gasteiger partial charge is 0.391 e. The third-order valence-electron chi connectivity index (χ3n) is 7.45. The monoisotopic (exact) mass is 470 g/mol. The SMILES string of the molecule is CC1(c2cc([C@H]3CC[C@H](C(F)(F)F)CC3)c(-c3cc(=O)c4c(C(N)=O)nccc4[nH]3)cn2)CC1. The Hall–Kier alpha value is -3.23. The van der Waals surface area contributed by atoms with E-state index in [1.807, 2.05) is 6.07 Å². The van der Waals surface area contributed by atoms with E-state index in [2.05, 4.69) is 21.9 Å². The number of nitrogens with two attached hydrogens (primary N) is 1. The normalized spacial score (nSPS) is 22.0. The summed E-state index contributed by atoms with van der Waals surface area (Å²) >= 11 is 0. The topological polar surface area (TPSA) is 102 Å². The third-order valence-corrected chi connectivity index (χ3v) is 7.45. The number of rotatable bonds is 4. The zero-order valence-corrected chi connectivity index (χ0v) is 18.7. The van der Waals surface area contributed by atoms with E-state index >= 15 is 0 Å². The van der Waals surface area contributed by atoms with Crippen LogP contribution in [0.2, 0.25) is 0 Å². The van der Waals surface area contributed by atoms with E-state index in [1.165, 1.54) is 12.3 Å². The lowest BCUT2D eigenvalue weighted by atomic mass is 9.76. The van der Waals surface area contributed by atoms with Gasteiger partial charge in [-0.1, -0.05) is 6.92 Å². The van der Waals surface area contributed by atoms with Crippen molar-refractivity contribution < 1.29 is 18.0 Å². The fraction of sp³-hybridized carbons (Fsp3) is 0.440. The highest BCUT2D eigenvalue weighted by molar-refractivity contribution is 6.03. The van der Waals surface area contributed by atoms with E-state index in [0.29, 0.717) is 29.6 Å². The minimum Gasteiger partial charge on any atom is -0.364 e. The van der Waals surface area contributed by atoms with Crippen LogP contribution in [0, 0.1) is 5.92 Å². The van der Waals surface area contributed by atoms with Crippen LogP contribution >= 0.6 is 0 Å². The number of primary amides is 1. The summed E-state index contributed by atoms with van der Waals surface area (Å²) in [5, 5.41) is 0.112. The van der Waals surface area contributed by atoms with Gasteiger partial charge in [0.1, 0.15) is 5.69 Å². The minimum absolute atomic E-state index is 0.00466. The van der Waals surface area contributed by atoms with Crippen molar-refractivity contribution >= 4 is 16.8 Å². The Balaban J connectivity index is 1.60. The summed E-state index contributed by atoms with van der Waals surface area (Å²) in [6.07, 6.45) is 2.01. The Labute approximate surface area is 193 Å². The summed E-state index contributed by atoms with van der Waals surface area (Å²) in [5.74, 6) is -2.13. The van der Waals surface area contributed by atoms with E-state index in [4.69, 9.17) is 5.73 Å². The zero-order valence-electron chi connectivity index (χ0n) is 18.7. The maximum atomic E-state index is 13.2. The maximum absolute atomic E-state index is 13.2. The van der Waals surface area contributed by atoms with E-state index < -0.39 is 23.4 Å². The molecule has 3 heterocycles. The van der Waals surface area contributed by atoms with Gasteiger partial charge in [0.05, 0.1) is 22.5 Å². The fourth-order valence-electron chi connectivity index (χ4n) is 5.07. The van der Waals surface area contributed by atoms with Crippen LogP contribution in [0.5, 0.6) is 0 Å². The number of aromatic nitrogens is 3. The summed E-state index contributed by atoms with van der Waals surface area (Å²) in [4.78, 5) is 36.5. The maximum Gasteiger partial charge on any atom is 0.391 e. The van der Waals surface area contributed by atoms with Gasteiger partial charge < -0.3 is 10.7 Å². The summed E-state index contributed by atoms with van der Waals surface area (Å²) in [6.45, 7) is 2.13. The molecule has 0 aliphatic heterocycles. The van der Waals surface area contributed by atoms with Crippen molar-refractivity contribution in [3.05, 3.63) is 57.8 Å². The van der Waals surface area contributed by atoms with Crippen molar-refractivity contribution in [1.82, 2.24) is 15.0 Å². The molecule has 0 aromatic carbocycles.